The second-order valence-corrected chi connectivity index (χ2v) is 7.27. The molecule has 0 aliphatic carbocycles. The van der Waals surface area contributed by atoms with Gasteiger partial charge in [-0.15, -0.1) is 0 Å². The van der Waals surface area contributed by atoms with Crippen molar-refractivity contribution in [3.63, 3.8) is 0 Å². The summed E-state index contributed by atoms with van der Waals surface area (Å²) in [7, 11) is -1.44. The first-order chi connectivity index (χ1) is 10.1. The molecule has 0 heterocycles. The van der Waals surface area contributed by atoms with Crippen molar-refractivity contribution in [1.82, 2.24) is 0 Å². The highest BCUT2D eigenvalue weighted by atomic mass is 32.2. The molecule has 2 unspecified atom stereocenters. The highest BCUT2D eigenvalue weighted by Crippen LogP contribution is 2.12. The molecular formula is C16H32O4S. The Kier molecular flexibility index (Phi) is 14.2. The standard InChI is InChI=1S/C16H32O4S/c1-2-3-4-5-6-7-8-9-10-11-12-15(17)13-21(20)14-16(18)19/h15,17H,2-14H2,1H3,(H,18,19). The van der Waals surface area contributed by atoms with Crippen LogP contribution in [0.25, 0.3) is 0 Å². The number of aliphatic hydroxyl groups is 1. The van der Waals surface area contributed by atoms with Crippen LogP contribution in [-0.4, -0.2) is 38.0 Å². The molecule has 0 aromatic carbocycles. The third-order valence-corrected chi connectivity index (χ3v) is 4.88. The molecule has 0 aromatic rings. The van der Waals surface area contributed by atoms with Gasteiger partial charge in [-0.3, -0.25) is 9.00 Å². The van der Waals surface area contributed by atoms with E-state index in [1.165, 1.54) is 51.4 Å². The van der Waals surface area contributed by atoms with Crippen LogP contribution in [0.4, 0.5) is 0 Å². The Morgan fingerprint density at radius 2 is 1.43 bits per heavy atom. The fourth-order valence-electron chi connectivity index (χ4n) is 2.36. The monoisotopic (exact) mass is 320 g/mol. The Hall–Kier alpha value is -0.420. The molecule has 0 aliphatic heterocycles. The van der Waals surface area contributed by atoms with Crippen molar-refractivity contribution in [2.75, 3.05) is 11.5 Å². The molecule has 0 saturated carbocycles. The number of carboxylic acid groups (broad SMARTS) is 1. The first-order valence-electron chi connectivity index (χ1n) is 8.31. The van der Waals surface area contributed by atoms with Crippen LogP contribution in [0.3, 0.4) is 0 Å². The van der Waals surface area contributed by atoms with E-state index in [-0.39, 0.29) is 11.5 Å². The van der Waals surface area contributed by atoms with Crippen LogP contribution in [0.5, 0.6) is 0 Å². The molecule has 0 radical (unpaired) electrons. The quantitative estimate of drug-likeness (QED) is 0.453. The van der Waals surface area contributed by atoms with Gasteiger partial charge in [-0.1, -0.05) is 71.1 Å². The third-order valence-electron chi connectivity index (χ3n) is 3.55. The normalized spacial score (nSPS) is 14.0. The van der Waals surface area contributed by atoms with E-state index < -0.39 is 22.9 Å². The first kappa shape index (κ1) is 20.6. The number of hydrogen-bond acceptors (Lipinski definition) is 3. The Balaban J connectivity index is 3.30. The van der Waals surface area contributed by atoms with Gasteiger partial charge in [-0.25, -0.2) is 0 Å². The summed E-state index contributed by atoms with van der Waals surface area (Å²) in [5, 5.41) is 18.2. The van der Waals surface area contributed by atoms with E-state index in [1.807, 2.05) is 0 Å². The van der Waals surface area contributed by atoms with E-state index in [0.717, 1.165) is 12.8 Å². The van der Waals surface area contributed by atoms with E-state index in [1.54, 1.807) is 0 Å². The van der Waals surface area contributed by atoms with Gasteiger partial charge in [0.1, 0.15) is 5.75 Å². The predicted molar refractivity (Wildman–Crippen MR) is 88.0 cm³/mol. The molecule has 0 fully saturated rings. The van der Waals surface area contributed by atoms with Crippen molar-refractivity contribution in [3.8, 4) is 0 Å². The van der Waals surface area contributed by atoms with Crippen LogP contribution >= 0.6 is 0 Å². The number of aliphatic carboxylic acids is 1. The number of carboxylic acids is 1. The largest absolute Gasteiger partial charge is 0.481 e. The predicted octanol–water partition coefficient (Wildman–Crippen LogP) is 3.49. The Morgan fingerprint density at radius 3 is 1.90 bits per heavy atom. The lowest BCUT2D eigenvalue weighted by Gasteiger charge is -2.09. The van der Waals surface area contributed by atoms with E-state index >= 15 is 0 Å². The average molecular weight is 320 g/mol. The molecule has 0 bridgehead atoms. The van der Waals surface area contributed by atoms with Gasteiger partial charge in [0.15, 0.2) is 0 Å². The molecular weight excluding hydrogens is 288 g/mol. The molecule has 0 aliphatic rings. The van der Waals surface area contributed by atoms with Gasteiger partial charge in [0.25, 0.3) is 0 Å². The summed E-state index contributed by atoms with van der Waals surface area (Å²) >= 11 is 0. The fourth-order valence-corrected chi connectivity index (χ4v) is 3.35. The molecule has 0 saturated heterocycles. The topological polar surface area (TPSA) is 74.6 Å². The Bertz CT molecular complexity index is 281. The van der Waals surface area contributed by atoms with Gasteiger partial charge >= 0.3 is 5.97 Å². The van der Waals surface area contributed by atoms with E-state index in [9.17, 15) is 14.1 Å². The van der Waals surface area contributed by atoms with Crippen LogP contribution in [0, 0.1) is 0 Å². The molecule has 4 nitrogen and oxygen atoms in total. The lowest BCUT2D eigenvalue weighted by Crippen LogP contribution is -2.21. The summed E-state index contributed by atoms with van der Waals surface area (Å²) in [6.45, 7) is 2.23. The van der Waals surface area contributed by atoms with Crippen molar-refractivity contribution in [3.05, 3.63) is 0 Å². The minimum atomic E-state index is -1.44. The average Bonchev–Trinajstić information content (AvgIpc) is 2.39. The molecule has 21 heavy (non-hydrogen) atoms. The van der Waals surface area contributed by atoms with Crippen LogP contribution in [0.2, 0.25) is 0 Å². The molecule has 0 spiro atoms. The number of aliphatic hydroxyl groups excluding tert-OH is 1. The summed E-state index contributed by atoms with van der Waals surface area (Å²) in [6.07, 6.45) is 12.5. The first-order valence-corrected chi connectivity index (χ1v) is 9.80. The van der Waals surface area contributed by atoms with Crippen LogP contribution in [-0.2, 0) is 15.6 Å². The molecule has 0 amide bonds. The number of hydrogen-bond donors (Lipinski definition) is 2. The zero-order valence-electron chi connectivity index (χ0n) is 13.4. The zero-order valence-corrected chi connectivity index (χ0v) is 14.2. The number of carbonyl (C=O) groups is 1. The minimum absolute atomic E-state index is 0.0870. The second-order valence-electron chi connectivity index (χ2n) is 5.77. The van der Waals surface area contributed by atoms with Crippen LogP contribution in [0.1, 0.15) is 77.6 Å². The molecule has 2 N–H and O–H groups in total. The van der Waals surface area contributed by atoms with Gasteiger partial charge in [0, 0.05) is 10.8 Å². The summed E-state index contributed by atoms with van der Waals surface area (Å²) in [5.41, 5.74) is 0. The van der Waals surface area contributed by atoms with Gasteiger partial charge in [-0.05, 0) is 6.42 Å². The zero-order chi connectivity index (χ0) is 15.9. The maximum absolute atomic E-state index is 11.3. The maximum Gasteiger partial charge on any atom is 0.316 e. The third kappa shape index (κ3) is 15.8. The summed E-state index contributed by atoms with van der Waals surface area (Å²) < 4.78 is 11.3. The molecule has 0 aromatic heterocycles. The summed E-state index contributed by atoms with van der Waals surface area (Å²) in [4.78, 5) is 10.4. The molecule has 2 atom stereocenters. The minimum Gasteiger partial charge on any atom is -0.481 e. The second kappa shape index (κ2) is 14.5. The molecule has 126 valence electrons. The highest BCUT2D eigenvalue weighted by molar-refractivity contribution is 7.85. The lowest BCUT2D eigenvalue weighted by molar-refractivity contribution is -0.133. The van der Waals surface area contributed by atoms with Crippen LogP contribution < -0.4 is 0 Å². The van der Waals surface area contributed by atoms with E-state index in [0.29, 0.717) is 6.42 Å². The summed E-state index contributed by atoms with van der Waals surface area (Å²) in [5.74, 6) is -1.35. The smallest absolute Gasteiger partial charge is 0.316 e. The highest BCUT2D eigenvalue weighted by Gasteiger charge is 2.12. The maximum atomic E-state index is 11.3. The van der Waals surface area contributed by atoms with Crippen molar-refractivity contribution >= 4 is 16.8 Å². The van der Waals surface area contributed by atoms with Gasteiger partial charge in [-0.2, -0.15) is 0 Å². The molecule has 0 rings (SSSR count). The van der Waals surface area contributed by atoms with Gasteiger partial charge in [0.2, 0.25) is 0 Å². The number of unbranched alkanes of at least 4 members (excludes halogenated alkanes) is 9. The molecule has 5 heteroatoms. The van der Waals surface area contributed by atoms with Gasteiger partial charge < -0.3 is 10.2 Å². The Labute approximate surface area is 131 Å². The van der Waals surface area contributed by atoms with Crippen molar-refractivity contribution < 1.29 is 19.2 Å². The fraction of sp³-hybridized carbons (Fsp3) is 0.938. The van der Waals surface area contributed by atoms with Crippen LogP contribution in [0.15, 0.2) is 0 Å². The van der Waals surface area contributed by atoms with E-state index in [2.05, 4.69) is 6.92 Å². The SMILES string of the molecule is CCCCCCCCCCCCC(O)CS(=O)CC(=O)O. The van der Waals surface area contributed by atoms with Crippen molar-refractivity contribution in [1.29, 1.82) is 0 Å². The van der Waals surface area contributed by atoms with Crippen molar-refractivity contribution in [2.45, 2.75) is 83.7 Å². The summed E-state index contributed by atoms with van der Waals surface area (Å²) in [6, 6.07) is 0. The van der Waals surface area contributed by atoms with Gasteiger partial charge in [0.05, 0.1) is 11.9 Å². The number of rotatable bonds is 15. The van der Waals surface area contributed by atoms with E-state index in [4.69, 9.17) is 5.11 Å². The van der Waals surface area contributed by atoms with Crippen molar-refractivity contribution in [2.24, 2.45) is 0 Å². The lowest BCUT2D eigenvalue weighted by atomic mass is 10.1. The Morgan fingerprint density at radius 1 is 0.952 bits per heavy atom.